The smallest absolute Gasteiger partial charge is 0.309 e. The van der Waals surface area contributed by atoms with Crippen molar-refractivity contribution in [1.29, 1.82) is 0 Å². The fourth-order valence-corrected chi connectivity index (χ4v) is 1.82. The van der Waals surface area contributed by atoms with E-state index in [1.165, 1.54) is 6.07 Å². The van der Waals surface area contributed by atoms with Crippen molar-refractivity contribution in [3.05, 3.63) is 35.6 Å². The number of hydrogen-bond acceptors (Lipinski definition) is 2. The van der Waals surface area contributed by atoms with E-state index < -0.39 is 0 Å². The van der Waals surface area contributed by atoms with E-state index in [0.717, 1.165) is 0 Å². The fraction of sp³-hybridized carbons (Fsp3) is 0.417. The molecular weight excluding hydrogens is 195 g/mol. The maximum Gasteiger partial charge on any atom is 0.309 e. The molecule has 0 saturated heterocycles. The van der Waals surface area contributed by atoms with Gasteiger partial charge in [-0.15, -0.1) is 0 Å². The minimum absolute atomic E-state index is 0.0187. The van der Waals surface area contributed by atoms with Crippen LogP contribution in [0.2, 0.25) is 0 Å². The molecule has 0 spiro atoms. The molecule has 0 unspecified atom stereocenters. The van der Waals surface area contributed by atoms with Crippen LogP contribution in [0.4, 0.5) is 4.39 Å². The average Bonchev–Trinajstić information content (AvgIpc) is 2.98. The molecule has 1 aliphatic rings. The Bertz CT molecular complexity index is 376. The molecule has 2 atom stereocenters. The van der Waals surface area contributed by atoms with Crippen molar-refractivity contribution in [3.8, 4) is 0 Å². The van der Waals surface area contributed by atoms with Crippen LogP contribution in [0.3, 0.4) is 0 Å². The predicted octanol–water partition coefficient (Wildman–Crippen LogP) is 2.49. The van der Waals surface area contributed by atoms with Crippen LogP contribution in [-0.2, 0) is 9.53 Å². The van der Waals surface area contributed by atoms with Crippen LogP contribution in [-0.4, -0.2) is 12.6 Å². The summed E-state index contributed by atoms with van der Waals surface area (Å²) in [5, 5.41) is 0. The van der Waals surface area contributed by atoms with E-state index >= 15 is 0 Å². The van der Waals surface area contributed by atoms with E-state index in [2.05, 4.69) is 0 Å². The van der Waals surface area contributed by atoms with E-state index in [1.807, 2.05) is 0 Å². The first-order chi connectivity index (χ1) is 7.24. The first-order valence-electron chi connectivity index (χ1n) is 5.15. The lowest BCUT2D eigenvalue weighted by atomic mass is 10.1. The monoisotopic (exact) mass is 208 g/mol. The highest BCUT2D eigenvalue weighted by Gasteiger charge is 2.46. The van der Waals surface area contributed by atoms with Gasteiger partial charge in [-0.05, 0) is 25.0 Å². The molecule has 2 rings (SSSR count). The molecule has 0 heterocycles. The number of carbonyl (C=O) groups is 1. The van der Waals surface area contributed by atoms with Crippen LogP contribution in [0.1, 0.15) is 24.8 Å². The van der Waals surface area contributed by atoms with Gasteiger partial charge in [-0.25, -0.2) is 4.39 Å². The Morgan fingerprint density at radius 1 is 1.53 bits per heavy atom. The van der Waals surface area contributed by atoms with Crippen LogP contribution in [0.25, 0.3) is 0 Å². The Balaban J connectivity index is 2.05. The zero-order valence-electron chi connectivity index (χ0n) is 8.57. The van der Waals surface area contributed by atoms with E-state index in [1.54, 1.807) is 25.1 Å². The third-order valence-corrected chi connectivity index (χ3v) is 2.68. The van der Waals surface area contributed by atoms with Crippen molar-refractivity contribution in [2.75, 3.05) is 6.61 Å². The molecule has 0 amide bonds. The van der Waals surface area contributed by atoms with E-state index in [4.69, 9.17) is 4.74 Å². The number of esters is 1. The summed E-state index contributed by atoms with van der Waals surface area (Å²) in [6.45, 7) is 2.16. The van der Waals surface area contributed by atoms with Gasteiger partial charge in [0, 0.05) is 5.92 Å². The molecule has 0 N–H and O–H groups in total. The van der Waals surface area contributed by atoms with Gasteiger partial charge in [-0.1, -0.05) is 18.2 Å². The molecule has 80 valence electrons. The van der Waals surface area contributed by atoms with Gasteiger partial charge in [-0.3, -0.25) is 4.79 Å². The highest BCUT2D eigenvalue weighted by atomic mass is 19.1. The second-order valence-electron chi connectivity index (χ2n) is 3.72. The van der Waals surface area contributed by atoms with Crippen LogP contribution in [0, 0.1) is 11.7 Å². The summed E-state index contributed by atoms with van der Waals surface area (Å²) in [6, 6.07) is 6.61. The van der Waals surface area contributed by atoms with E-state index in [-0.39, 0.29) is 23.6 Å². The Hall–Kier alpha value is -1.38. The number of benzene rings is 1. The first kappa shape index (κ1) is 10.1. The molecule has 15 heavy (non-hydrogen) atoms. The Labute approximate surface area is 88.1 Å². The standard InChI is InChI=1S/C12H13FO2/c1-2-15-12(14)10-7-9(10)8-5-3-4-6-11(8)13/h3-6,9-10H,2,7H2,1H3/t9-,10+/m1/s1. The van der Waals surface area contributed by atoms with Gasteiger partial charge in [0.05, 0.1) is 12.5 Å². The molecule has 1 aromatic carbocycles. The predicted molar refractivity (Wildman–Crippen MR) is 53.9 cm³/mol. The lowest BCUT2D eigenvalue weighted by Crippen LogP contribution is -2.07. The molecule has 0 radical (unpaired) electrons. The fourth-order valence-electron chi connectivity index (χ4n) is 1.82. The summed E-state index contributed by atoms with van der Waals surface area (Å²) in [5.41, 5.74) is 0.635. The van der Waals surface area contributed by atoms with Gasteiger partial charge in [-0.2, -0.15) is 0 Å². The number of hydrogen-bond donors (Lipinski definition) is 0. The van der Waals surface area contributed by atoms with Crippen molar-refractivity contribution in [1.82, 2.24) is 0 Å². The Kier molecular flexibility index (Phi) is 2.71. The molecule has 1 fully saturated rings. The molecule has 1 aromatic rings. The SMILES string of the molecule is CCOC(=O)[C@H]1C[C@@H]1c1ccccc1F. The van der Waals surface area contributed by atoms with Gasteiger partial charge in [0.2, 0.25) is 0 Å². The van der Waals surface area contributed by atoms with Crippen LogP contribution < -0.4 is 0 Å². The third kappa shape index (κ3) is 2.01. The molecule has 3 heteroatoms. The lowest BCUT2D eigenvalue weighted by molar-refractivity contribution is -0.144. The topological polar surface area (TPSA) is 26.3 Å². The summed E-state index contributed by atoms with van der Waals surface area (Å²) in [4.78, 5) is 11.4. The van der Waals surface area contributed by atoms with Crippen molar-refractivity contribution in [3.63, 3.8) is 0 Å². The van der Waals surface area contributed by atoms with Crippen molar-refractivity contribution >= 4 is 5.97 Å². The normalized spacial score (nSPS) is 23.6. The number of carbonyl (C=O) groups excluding carboxylic acids is 1. The van der Waals surface area contributed by atoms with Crippen LogP contribution >= 0.6 is 0 Å². The maximum absolute atomic E-state index is 13.4. The van der Waals surface area contributed by atoms with Crippen molar-refractivity contribution < 1.29 is 13.9 Å². The molecule has 1 saturated carbocycles. The van der Waals surface area contributed by atoms with Gasteiger partial charge < -0.3 is 4.74 Å². The second-order valence-corrected chi connectivity index (χ2v) is 3.72. The summed E-state index contributed by atoms with van der Waals surface area (Å²) >= 11 is 0. The average molecular weight is 208 g/mol. The minimum Gasteiger partial charge on any atom is -0.466 e. The summed E-state index contributed by atoms with van der Waals surface area (Å²) in [7, 11) is 0. The molecular formula is C12H13FO2. The maximum atomic E-state index is 13.4. The van der Waals surface area contributed by atoms with Crippen molar-refractivity contribution in [2.45, 2.75) is 19.3 Å². The third-order valence-electron chi connectivity index (χ3n) is 2.68. The number of rotatable bonds is 3. The Morgan fingerprint density at radius 2 is 2.27 bits per heavy atom. The second kappa shape index (κ2) is 4.01. The lowest BCUT2D eigenvalue weighted by Gasteiger charge is -2.02. The van der Waals surface area contributed by atoms with Crippen LogP contribution in [0.15, 0.2) is 24.3 Å². The van der Waals surface area contributed by atoms with Crippen LogP contribution in [0.5, 0.6) is 0 Å². The molecule has 0 aromatic heterocycles. The number of halogens is 1. The first-order valence-corrected chi connectivity index (χ1v) is 5.15. The summed E-state index contributed by atoms with van der Waals surface area (Å²) < 4.78 is 18.2. The largest absolute Gasteiger partial charge is 0.466 e. The zero-order valence-corrected chi connectivity index (χ0v) is 8.57. The zero-order chi connectivity index (χ0) is 10.8. The van der Waals surface area contributed by atoms with Gasteiger partial charge in [0.1, 0.15) is 5.82 Å². The molecule has 0 aliphatic heterocycles. The summed E-state index contributed by atoms with van der Waals surface area (Å²) in [6.07, 6.45) is 0.708. The minimum atomic E-state index is -0.228. The molecule has 1 aliphatic carbocycles. The van der Waals surface area contributed by atoms with Gasteiger partial charge in [0.15, 0.2) is 0 Å². The molecule has 0 bridgehead atoms. The van der Waals surface area contributed by atoms with Gasteiger partial charge in [0.25, 0.3) is 0 Å². The molecule has 2 nitrogen and oxygen atoms in total. The highest BCUT2D eigenvalue weighted by molar-refractivity contribution is 5.77. The quantitative estimate of drug-likeness (QED) is 0.713. The highest BCUT2D eigenvalue weighted by Crippen LogP contribution is 2.48. The van der Waals surface area contributed by atoms with Crippen molar-refractivity contribution in [2.24, 2.45) is 5.92 Å². The Morgan fingerprint density at radius 3 is 2.93 bits per heavy atom. The van der Waals surface area contributed by atoms with E-state index in [0.29, 0.717) is 18.6 Å². The summed E-state index contributed by atoms with van der Waals surface area (Å²) in [5.74, 6) is -0.549. The number of ether oxygens (including phenoxy) is 1. The van der Waals surface area contributed by atoms with Gasteiger partial charge >= 0.3 is 5.97 Å². The van der Waals surface area contributed by atoms with E-state index in [9.17, 15) is 9.18 Å².